The quantitative estimate of drug-likeness (QED) is 0.841. The van der Waals surface area contributed by atoms with Crippen molar-refractivity contribution in [2.24, 2.45) is 5.92 Å². The molecule has 2 saturated heterocycles. The summed E-state index contributed by atoms with van der Waals surface area (Å²) in [6, 6.07) is 0.651. The predicted molar refractivity (Wildman–Crippen MR) is 77.5 cm³/mol. The zero-order valence-corrected chi connectivity index (χ0v) is 12.8. The molecular weight excluding hydrogens is 258 g/mol. The first-order valence-electron chi connectivity index (χ1n) is 7.03. The third-order valence-electron chi connectivity index (χ3n) is 4.57. The van der Waals surface area contributed by atoms with Gasteiger partial charge in [0.15, 0.2) is 0 Å². The van der Waals surface area contributed by atoms with Crippen molar-refractivity contribution in [3.63, 3.8) is 0 Å². The van der Waals surface area contributed by atoms with Crippen LogP contribution in [0.25, 0.3) is 0 Å². The number of piperidine rings is 1. The molecule has 0 radical (unpaired) electrons. The van der Waals surface area contributed by atoms with Crippen molar-refractivity contribution < 1.29 is 4.74 Å². The smallest absolute Gasteiger partial charge is 0.0897 e. The maximum Gasteiger partial charge on any atom is 0.0897 e. The first kappa shape index (κ1) is 13.5. The number of rotatable bonds is 3. The highest BCUT2D eigenvalue weighted by atomic mass is 32.1. The molecule has 0 aliphatic carbocycles. The van der Waals surface area contributed by atoms with Crippen molar-refractivity contribution in [2.75, 3.05) is 33.8 Å². The SMILES string of the molecule is CO[C@@H]1CCN(C)[C@H]2CN(Cc3csc(C)n3)C[C@@H]12. The molecule has 2 fully saturated rings. The first-order valence-corrected chi connectivity index (χ1v) is 7.91. The molecule has 0 bridgehead atoms. The molecule has 0 unspecified atom stereocenters. The lowest BCUT2D eigenvalue weighted by Gasteiger charge is -2.38. The van der Waals surface area contributed by atoms with Crippen LogP contribution in [0.5, 0.6) is 0 Å². The van der Waals surface area contributed by atoms with Crippen molar-refractivity contribution >= 4 is 11.3 Å². The minimum atomic E-state index is 0.434. The molecule has 3 rings (SSSR count). The Hall–Kier alpha value is -0.490. The molecule has 106 valence electrons. The summed E-state index contributed by atoms with van der Waals surface area (Å²) in [6.07, 6.45) is 1.60. The third-order valence-corrected chi connectivity index (χ3v) is 5.40. The fraction of sp³-hybridized carbons (Fsp3) is 0.786. The number of nitrogens with zero attached hydrogens (tertiary/aromatic N) is 3. The number of aryl methyl sites for hydroxylation is 1. The van der Waals surface area contributed by atoms with Gasteiger partial charge in [-0.25, -0.2) is 4.98 Å². The molecule has 1 aromatic heterocycles. The van der Waals surface area contributed by atoms with Crippen LogP contribution in [0.4, 0.5) is 0 Å². The van der Waals surface area contributed by atoms with Gasteiger partial charge in [0.05, 0.1) is 16.8 Å². The second-order valence-electron chi connectivity index (χ2n) is 5.83. The van der Waals surface area contributed by atoms with Gasteiger partial charge in [-0.2, -0.15) is 0 Å². The summed E-state index contributed by atoms with van der Waals surface area (Å²) in [6.45, 7) is 6.51. The molecule has 4 nitrogen and oxygen atoms in total. The lowest BCUT2D eigenvalue weighted by Crippen LogP contribution is -2.49. The van der Waals surface area contributed by atoms with E-state index in [0.29, 0.717) is 18.1 Å². The fourth-order valence-electron chi connectivity index (χ4n) is 3.57. The molecule has 2 aliphatic rings. The standard InChI is InChI=1S/C14H23N3OS/c1-10-15-11(9-19-10)6-17-7-12-13(8-17)16(2)5-4-14(12)18-3/h9,12-14H,4-8H2,1-3H3/t12-,13+,14-/m1/s1. The van der Waals surface area contributed by atoms with Crippen LogP contribution in [0.15, 0.2) is 5.38 Å². The van der Waals surface area contributed by atoms with Crippen molar-refractivity contribution in [3.8, 4) is 0 Å². The number of thiazole rings is 1. The van der Waals surface area contributed by atoms with E-state index in [0.717, 1.165) is 32.6 Å². The third kappa shape index (κ3) is 2.70. The van der Waals surface area contributed by atoms with Crippen LogP contribution in [-0.4, -0.2) is 60.7 Å². The number of likely N-dealkylation sites (N-methyl/N-ethyl adjacent to an activating group) is 1. The van der Waals surface area contributed by atoms with Crippen LogP contribution in [-0.2, 0) is 11.3 Å². The number of aromatic nitrogens is 1. The van der Waals surface area contributed by atoms with Crippen molar-refractivity contribution in [1.29, 1.82) is 0 Å². The van der Waals surface area contributed by atoms with E-state index in [1.807, 2.05) is 7.11 Å². The van der Waals surface area contributed by atoms with E-state index in [4.69, 9.17) is 4.74 Å². The highest BCUT2D eigenvalue weighted by Crippen LogP contribution is 2.32. The number of fused-ring (bicyclic) bond motifs is 1. The normalized spacial score (nSPS) is 32.7. The van der Waals surface area contributed by atoms with Crippen molar-refractivity contribution in [1.82, 2.24) is 14.8 Å². The van der Waals surface area contributed by atoms with E-state index in [-0.39, 0.29) is 0 Å². The van der Waals surface area contributed by atoms with Crippen molar-refractivity contribution in [3.05, 3.63) is 16.1 Å². The Morgan fingerprint density at radius 1 is 1.47 bits per heavy atom. The van der Waals surface area contributed by atoms with Gasteiger partial charge < -0.3 is 9.64 Å². The van der Waals surface area contributed by atoms with Crippen LogP contribution in [0.3, 0.4) is 0 Å². The number of hydrogen-bond acceptors (Lipinski definition) is 5. The summed E-state index contributed by atoms with van der Waals surface area (Å²) in [5.74, 6) is 0.656. The second-order valence-corrected chi connectivity index (χ2v) is 6.89. The van der Waals surface area contributed by atoms with Gasteiger partial charge in [-0.3, -0.25) is 4.90 Å². The van der Waals surface area contributed by atoms with Gasteiger partial charge in [-0.15, -0.1) is 11.3 Å². The highest BCUT2D eigenvalue weighted by molar-refractivity contribution is 7.09. The molecule has 0 spiro atoms. The topological polar surface area (TPSA) is 28.6 Å². The summed E-state index contributed by atoms with van der Waals surface area (Å²) in [5, 5.41) is 3.35. The van der Waals surface area contributed by atoms with Crippen LogP contribution < -0.4 is 0 Å². The van der Waals surface area contributed by atoms with E-state index in [2.05, 4.69) is 34.1 Å². The van der Waals surface area contributed by atoms with Crippen LogP contribution in [0.2, 0.25) is 0 Å². The van der Waals surface area contributed by atoms with E-state index in [1.54, 1.807) is 11.3 Å². The molecule has 0 aromatic carbocycles. The summed E-state index contributed by atoms with van der Waals surface area (Å²) >= 11 is 1.75. The van der Waals surface area contributed by atoms with Gasteiger partial charge in [0.1, 0.15) is 0 Å². The van der Waals surface area contributed by atoms with Crippen LogP contribution in [0.1, 0.15) is 17.1 Å². The van der Waals surface area contributed by atoms with E-state index in [9.17, 15) is 0 Å². The van der Waals surface area contributed by atoms with Gasteiger partial charge in [0.2, 0.25) is 0 Å². The van der Waals surface area contributed by atoms with Gasteiger partial charge >= 0.3 is 0 Å². The van der Waals surface area contributed by atoms with Crippen LogP contribution in [0, 0.1) is 12.8 Å². The zero-order valence-electron chi connectivity index (χ0n) is 12.0. The molecule has 0 amide bonds. The molecule has 2 aliphatic heterocycles. The molecule has 3 heterocycles. The molecule has 0 N–H and O–H groups in total. The summed E-state index contributed by atoms with van der Waals surface area (Å²) < 4.78 is 5.69. The lowest BCUT2D eigenvalue weighted by atomic mass is 9.89. The molecule has 0 saturated carbocycles. The largest absolute Gasteiger partial charge is 0.381 e. The Morgan fingerprint density at radius 2 is 2.32 bits per heavy atom. The number of ether oxygens (including phenoxy) is 1. The predicted octanol–water partition coefficient (Wildman–Crippen LogP) is 1.60. The average Bonchev–Trinajstić information content (AvgIpc) is 2.97. The molecule has 3 atom stereocenters. The van der Waals surface area contributed by atoms with Gasteiger partial charge in [-0.05, 0) is 20.4 Å². The summed E-state index contributed by atoms with van der Waals surface area (Å²) in [7, 11) is 4.11. The molecule has 1 aromatic rings. The minimum Gasteiger partial charge on any atom is -0.381 e. The molecular formula is C14H23N3OS. The lowest BCUT2D eigenvalue weighted by molar-refractivity contribution is -0.0133. The highest BCUT2D eigenvalue weighted by Gasteiger charge is 2.43. The number of likely N-dealkylation sites (tertiary alicyclic amines) is 2. The Kier molecular flexibility index (Phi) is 3.89. The Morgan fingerprint density at radius 3 is 3.00 bits per heavy atom. The minimum absolute atomic E-state index is 0.434. The van der Waals surface area contributed by atoms with E-state index in [1.165, 1.54) is 10.7 Å². The van der Waals surface area contributed by atoms with E-state index < -0.39 is 0 Å². The number of methoxy groups -OCH3 is 1. The zero-order chi connectivity index (χ0) is 13.4. The monoisotopic (exact) mass is 281 g/mol. The molecule has 5 heteroatoms. The first-order chi connectivity index (χ1) is 9.17. The molecule has 19 heavy (non-hydrogen) atoms. The number of hydrogen-bond donors (Lipinski definition) is 0. The average molecular weight is 281 g/mol. The Balaban J connectivity index is 1.67. The van der Waals surface area contributed by atoms with Gasteiger partial charge in [-0.1, -0.05) is 0 Å². The van der Waals surface area contributed by atoms with E-state index >= 15 is 0 Å². The summed E-state index contributed by atoms with van der Waals surface area (Å²) in [4.78, 5) is 9.63. The Bertz CT molecular complexity index is 436. The fourth-order valence-corrected chi connectivity index (χ4v) is 4.17. The van der Waals surface area contributed by atoms with Gasteiger partial charge in [0.25, 0.3) is 0 Å². The van der Waals surface area contributed by atoms with Crippen molar-refractivity contribution in [2.45, 2.75) is 32.0 Å². The summed E-state index contributed by atoms with van der Waals surface area (Å²) in [5.41, 5.74) is 1.22. The maximum absolute atomic E-state index is 5.69. The second kappa shape index (κ2) is 5.48. The maximum atomic E-state index is 5.69. The Labute approximate surface area is 119 Å². The van der Waals surface area contributed by atoms with Crippen LogP contribution >= 0.6 is 11.3 Å². The van der Waals surface area contributed by atoms with Gasteiger partial charge in [0, 0.05) is 50.6 Å².